The van der Waals surface area contributed by atoms with Crippen LogP contribution in [0.5, 0.6) is 0 Å². The number of aliphatic hydroxyl groups is 1. The zero-order valence-corrected chi connectivity index (χ0v) is 9.78. The zero-order chi connectivity index (χ0) is 11.4. The van der Waals surface area contributed by atoms with Crippen LogP contribution < -0.4 is 10.9 Å². The Bertz CT molecular complexity index is 424. The van der Waals surface area contributed by atoms with Crippen LogP contribution in [0.3, 0.4) is 0 Å². The largest absolute Gasteiger partial charge is 0.396 e. The highest BCUT2D eigenvalue weighted by molar-refractivity contribution is 7.22. The Hall–Kier alpha value is -1.17. The number of hydrazine groups is 1. The highest BCUT2D eigenvalue weighted by atomic mass is 32.1. The van der Waals surface area contributed by atoms with Gasteiger partial charge in [-0.25, -0.2) is 10.8 Å². The molecule has 0 unspecified atom stereocenters. The minimum atomic E-state index is 0.216. The second kappa shape index (κ2) is 5.25. The van der Waals surface area contributed by atoms with Gasteiger partial charge in [0.25, 0.3) is 0 Å². The number of benzene rings is 1. The molecule has 0 aliphatic rings. The van der Waals surface area contributed by atoms with Gasteiger partial charge < -0.3 is 5.11 Å². The van der Waals surface area contributed by atoms with Crippen LogP contribution >= 0.6 is 11.3 Å². The third kappa shape index (κ3) is 2.49. The minimum absolute atomic E-state index is 0.216. The molecule has 1 aromatic carbocycles. The average molecular weight is 237 g/mol. The molecule has 0 aliphatic heterocycles. The number of para-hydroxylation sites is 1. The van der Waals surface area contributed by atoms with Crippen molar-refractivity contribution in [2.45, 2.75) is 12.8 Å². The van der Waals surface area contributed by atoms with Gasteiger partial charge in [-0.05, 0) is 25.0 Å². The Labute approximate surface area is 98.3 Å². The van der Waals surface area contributed by atoms with Crippen molar-refractivity contribution in [3.8, 4) is 0 Å². The van der Waals surface area contributed by atoms with Gasteiger partial charge in [0.05, 0.1) is 10.2 Å². The van der Waals surface area contributed by atoms with Crippen LogP contribution in [0.15, 0.2) is 24.3 Å². The van der Waals surface area contributed by atoms with E-state index in [0.717, 1.165) is 34.7 Å². The summed E-state index contributed by atoms with van der Waals surface area (Å²) in [6.07, 6.45) is 1.65. The molecule has 0 spiro atoms. The summed E-state index contributed by atoms with van der Waals surface area (Å²) in [6.45, 7) is 0.939. The topological polar surface area (TPSA) is 62.4 Å². The van der Waals surface area contributed by atoms with Crippen molar-refractivity contribution in [2.75, 3.05) is 18.2 Å². The number of unbranched alkanes of at least 4 members (excludes halogenated alkanes) is 1. The molecule has 0 saturated carbocycles. The molecule has 0 fully saturated rings. The number of hydrogen-bond acceptors (Lipinski definition) is 5. The van der Waals surface area contributed by atoms with Gasteiger partial charge in [-0.15, -0.1) is 0 Å². The van der Waals surface area contributed by atoms with Gasteiger partial charge in [-0.1, -0.05) is 23.5 Å². The lowest BCUT2D eigenvalue weighted by molar-refractivity contribution is 0.285. The maximum atomic E-state index is 8.69. The van der Waals surface area contributed by atoms with E-state index in [1.807, 2.05) is 24.3 Å². The number of rotatable bonds is 5. The van der Waals surface area contributed by atoms with E-state index in [1.54, 1.807) is 16.3 Å². The molecule has 0 amide bonds. The number of aliphatic hydroxyl groups excluding tert-OH is 1. The quantitative estimate of drug-likeness (QED) is 0.472. The summed E-state index contributed by atoms with van der Waals surface area (Å²) in [5.74, 6) is 5.90. The van der Waals surface area contributed by atoms with E-state index < -0.39 is 0 Å². The fourth-order valence-electron chi connectivity index (χ4n) is 1.47. The van der Waals surface area contributed by atoms with Gasteiger partial charge in [0.1, 0.15) is 0 Å². The Morgan fingerprint density at radius 1 is 1.31 bits per heavy atom. The molecule has 2 rings (SSSR count). The number of thiazole rings is 1. The molecule has 0 atom stereocenters. The van der Waals surface area contributed by atoms with E-state index in [0.29, 0.717) is 0 Å². The number of aromatic nitrogens is 1. The van der Waals surface area contributed by atoms with Crippen molar-refractivity contribution in [3.05, 3.63) is 24.3 Å². The van der Waals surface area contributed by atoms with Crippen LogP contribution in [-0.4, -0.2) is 23.2 Å². The second-order valence-corrected chi connectivity index (χ2v) is 4.60. The Balaban J connectivity index is 2.07. The van der Waals surface area contributed by atoms with Crippen LogP contribution in [0.2, 0.25) is 0 Å². The molecule has 0 saturated heterocycles. The molecule has 1 aromatic heterocycles. The monoisotopic (exact) mass is 237 g/mol. The smallest absolute Gasteiger partial charge is 0.200 e. The van der Waals surface area contributed by atoms with Gasteiger partial charge in [-0.3, -0.25) is 5.01 Å². The van der Waals surface area contributed by atoms with Gasteiger partial charge in [0.15, 0.2) is 0 Å². The lowest BCUT2D eigenvalue weighted by atomic mass is 10.3. The van der Waals surface area contributed by atoms with E-state index in [1.165, 1.54) is 0 Å². The van der Waals surface area contributed by atoms with Gasteiger partial charge in [0.2, 0.25) is 5.13 Å². The molecule has 1 heterocycles. The molecule has 4 nitrogen and oxygen atoms in total. The first-order valence-electron chi connectivity index (χ1n) is 5.30. The highest BCUT2D eigenvalue weighted by Gasteiger charge is 2.07. The molecule has 0 aliphatic carbocycles. The van der Waals surface area contributed by atoms with E-state index in [9.17, 15) is 0 Å². The average Bonchev–Trinajstić information content (AvgIpc) is 2.73. The second-order valence-electron chi connectivity index (χ2n) is 3.59. The van der Waals surface area contributed by atoms with Gasteiger partial charge >= 0.3 is 0 Å². The molecule has 86 valence electrons. The molecule has 0 radical (unpaired) electrons. The number of fused-ring (bicyclic) bond motifs is 1. The van der Waals surface area contributed by atoms with Crippen molar-refractivity contribution in [3.63, 3.8) is 0 Å². The van der Waals surface area contributed by atoms with Crippen molar-refractivity contribution >= 4 is 26.7 Å². The van der Waals surface area contributed by atoms with Crippen molar-refractivity contribution in [1.29, 1.82) is 0 Å². The molecule has 3 N–H and O–H groups in total. The van der Waals surface area contributed by atoms with Crippen LogP contribution in [0.4, 0.5) is 5.13 Å². The first-order valence-corrected chi connectivity index (χ1v) is 6.11. The molecule has 0 bridgehead atoms. The Kier molecular flexibility index (Phi) is 3.71. The standard InChI is InChI=1S/C11H15N3OS/c12-14(7-3-4-8-15)11-13-9-5-1-2-6-10(9)16-11/h1-2,5-6,15H,3-4,7-8,12H2. The summed E-state index contributed by atoms with van der Waals surface area (Å²) in [6, 6.07) is 7.99. The third-order valence-corrected chi connectivity index (χ3v) is 3.41. The lowest BCUT2D eigenvalue weighted by Crippen LogP contribution is -2.31. The Morgan fingerprint density at radius 2 is 2.12 bits per heavy atom. The first kappa shape index (κ1) is 11.3. The van der Waals surface area contributed by atoms with Crippen molar-refractivity contribution in [2.24, 2.45) is 5.84 Å². The summed E-state index contributed by atoms with van der Waals surface area (Å²) >= 11 is 1.59. The number of nitrogens with zero attached hydrogens (tertiary/aromatic N) is 2. The predicted octanol–water partition coefficient (Wildman–Crippen LogP) is 1.75. The van der Waals surface area contributed by atoms with Crippen LogP contribution in [0.1, 0.15) is 12.8 Å². The molecule has 2 aromatic rings. The summed E-state index contributed by atoms with van der Waals surface area (Å²) in [5.41, 5.74) is 0.986. The van der Waals surface area contributed by atoms with E-state index in [4.69, 9.17) is 10.9 Å². The van der Waals surface area contributed by atoms with Crippen LogP contribution in [-0.2, 0) is 0 Å². The maximum Gasteiger partial charge on any atom is 0.200 e. The summed E-state index contributed by atoms with van der Waals surface area (Å²) in [5, 5.41) is 11.2. The van der Waals surface area contributed by atoms with E-state index in [-0.39, 0.29) is 6.61 Å². The zero-order valence-electron chi connectivity index (χ0n) is 8.97. The van der Waals surface area contributed by atoms with Crippen molar-refractivity contribution in [1.82, 2.24) is 4.98 Å². The molecular weight excluding hydrogens is 222 g/mol. The van der Waals surface area contributed by atoms with Crippen LogP contribution in [0, 0.1) is 0 Å². The highest BCUT2D eigenvalue weighted by Crippen LogP contribution is 2.27. The molecule has 5 heteroatoms. The molecular formula is C11H15N3OS. The Morgan fingerprint density at radius 3 is 2.88 bits per heavy atom. The van der Waals surface area contributed by atoms with E-state index in [2.05, 4.69) is 4.98 Å². The fraction of sp³-hybridized carbons (Fsp3) is 0.364. The maximum absolute atomic E-state index is 8.69. The lowest BCUT2D eigenvalue weighted by Gasteiger charge is -2.13. The first-order chi connectivity index (χ1) is 7.81. The number of anilines is 1. The predicted molar refractivity (Wildman–Crippen MR) is 67.5 cm³/mol. The number of nitrogens with two attached hydrogens (primary N) is 1. The van der Waals surface area contributed by atoms with Gasteiger partial charge in [0, 0.05) is 13.2 Å². The molecule has 16 heavy (non-hydrogen) atoms. The number of hydrogen-bond donors (Lipinski definition) is 2. The third-order valence-electron chi connectivity index (χ3n) is 2.34. The van der Waals surface area contributed by atoms with Crippen LogP contribution in [0.25, 0.3) is 10.2 Å². The minimum Gasteiger partial charge on any atom is -0.396 e. The summed E-state index contributed by atoms with van der Waals surface area (Å²) in [4.78, 5) is 4.45. The summed E-state index contributed by atoms with van der Waals surface area (Å²) < 4.78 is 1.15. The summed E-state index contributed by atoms with van der Waals surface area (Å²) in [7, 11) is 0. The van der Waals surface area contributed by atoms with Crippen molar-refractivity contribution < 1.29 is 5.11 Å². The normalized spacial score (nSPS) is 10.9. The SMILES string of the molecule is NN(CCCCO)c1nc2ccccc2s1. The van der Waals surface area contributed by atoms with Gasteiger partial charge in [-0.2, -0.15) is 0 Å². The fourth-order valence-corrected chi connectivity index (χ4v) is 2.39. The van der Waals surface area contributed by atoms with E-state index >= 15 is 0 Å².